The van der Waals surface area contributed by atoms with Crippen LogP contribution in [0.1, 0.15) is 54.3 Å². The van der Waals surface area contributed by atoms with Gasteiger partial charge in [-0.1, -0.05) is 24.3 Å². The maximum absolute atomic E-state index is 14.4. The van der Waals surface area contributed by atoms with Crippen molar-refractivity contribution in [3.05, 3.63) is 82.1 Å². The van der Waals surface area contributed by atoms with E-state index in [4.69, 9.17) is 9.47 Å². The molecular formula is C32H35F2N5O5. The van der Waals surface area contributed by atoms with Crippen LogP contribution >= 0.6 is 0 Å². The van der Waals surface area contributed by atoms with Gasteiger partial charge >= 0.3 is 18.0 Å². The van der Waals surface area contributed by atoms with Crippen molar-refractivity contribution in [3.8, 4) is 6.07 Å². The van der Waals surface area contributed by atoms with E-state index in [-0.39, 0.29) is 29.5 Å². The number of hydrogen-bond acceptors (Lipinski definition) is 7. The van der Waals surface area contributed by atoms with E-state index < -0.39 is 35.7 Å². The molecule has 10 nitrogen and oxygen atoms in total. The number of nitriles is 1. The fourth-order valence-electron chi connectivity index (χ4n) is 6.53. The van der Waals surface area contributed by atoms with Crippen molar-refractivity contribution < 1.29 is 32.6 Å². The Morgan fingerprint density at radius 3 is 2.41 bits per heavy atom. The minimum Gasteiger partial charge on any atom is -0.466 e. The second-order valence-electron chi connectivity index (χ2n) is 11.4. The van der Waals surface area contributed by atoms with Crippen LogP contribution in [-0.4, -0.2) is 85.8 Å². The number of imide groups is 1. The highest BCUT2D eigenvalue weighted by Gasteiger charge is 2.46. The van der Waals surface area contributed by atoms with Crippen molar-refractivity contribution >= 4 is 18.0 Å². The zero-order chi connectivity index (χ0) is 31.5. The third-order valence-corrected chi connectivity index (χ3v) is 8.97. The number of likely N-dealkylation sites (N-methyl/N-ethyl adjacent to an activating group) is 1. The molecule has 232 valence electrons. The van der Waals surface area contributed by atoms with E-state index in [1.165, 1.54) is 18.1 Å². The number of ether oxygens (including phenoxy) is 2. The number of hydrogen-bond donors (Lipinski definition) is 1. The number of rotatable bonds is 7. The van der Waals surface area contributed by atoms with Crippen molar-refractivity contribution in [1.29, 1.82) is 5.26 Å². The molecule has 2 aromatic rings. The van der Waals surface area contributed by atoms with Gasteiger partial charge in [-0.15, -0.1) is 0 Å². The molecule has 2 heterocycles. The molecule has 44 heavy (non-hydrogen) atoms. The number of halogens is 2. The number of carbonyl (C=O) groups excluding carboxylic acids is 3. The number of methoxy groups -OCH3 is 2. The molecule has 0 unspecified atom stereocenters. The molecular weight excluding hydrogens is 572 g/mol. The van der Waals surface area contributed by atoms with E-state index in [1.807, 2.05) is 24.3 Å². The molecule has 1 atom stereocenters. The second-order valence-corrected chi connectivity index (χ2v) is 11.4. The fourth-order valence-corrected chi connectivity index (χ4v) is 6.53. The number of urea groups is 2. The highest BCUT2D eigenvalue weighted by atomic mass is 19.2. The van der Waals surface area contributed by atoms with Crippen LogP contribution in [0.15, 0.2) is 53.7 Å². The lowest BCUT2D eigenvalue weighted by Crippen LogP contribution is -2.65. The van der Waals surface area contributed by atoms with Crippen LogP contribution < -0.4 is 5.32 Å². The van der Waals surface area contributed by atoms with Crippen LogP contribution in [0.25, 0.3) is 0 Å². The standard InChI is InChI=1S/C32H35F2N5O5/c1-37(23-16-38(17-23)22-11-8-19(9-12-22)24-7-5-4-6-21(24)15-35)32(42)39-29(20-10-13-25(33)26(34)14-20)28(30(40)44-3)27(18-43-2)36-31(39)41/h4-7,10,13-14,19,22-23,29H,8-9,11-12,16-18H2,1-3H3,(H,36,41)/t19?,22?,29-/m0/s1. The van der Waals surface area contributed by atoms with Crippen LogP contribution in [0.2, 0.25) is 0 Å². The molecule has 1 N–H and O–H groups in total. The lowest BCUT2D eigenvalue weighted by Gasteiger charge is -2.50. The Hall–Kier alpha value is -4.34. The first-order valence-corrected chi connectivity index (χ1v) is 14.5. The smallest absolute Gasteiger partial charge is 0.338 e. The number of likely N-dealkylation sites (tertiary alicyclic amines) is 1. The Labute approximate surface area is 254 Å². The van der Waals surface area contributed by atoms with Crippen molar-refractivity contribution in [2.75, 3.05) is 41.0 Å². The molecule has 2 aromatic carbocycles. The molecule has 1 aliphatic carbocycles. The molecule has 3 aliphatic rings. The van der Waals surface area contributed by atoms with Gasteiger partial charge in [-0.05, 0) is 60.9 Å². The first kappa shape index (κ1) is 31.1. The van der Waals surface area contributed by atoms with Crippen molar-refractivity contribution in [2.45, 2.75) is 49.7 Å². The van der Waals surface area contributed by atoms with Crippen LogP contribution in [0.4, 0.5) is 18.4 Å². The lowest BCUT2D eigenvalue weighted by atomic mass is 9.79. The first-order chi connectivity index (χ1) is 21.2. The van der Waals surface area contributed by atoms with Crippen molar-refractivity contribution in [1.82, 2.24) is 20.0 Å². The molecule has 0 aromatic heterocycles. The van der Waals surface area contributed by atoms with Gasteiger partial charge in [-0.25, -0.2) is 28.1 Å². The van der Waals surface area contributed by atoms with Gasteiger partial charge in [0.1, 0.15) is 6.04 Å². The average molecular weight is 608 g/mol. The average Bonchev–Trinajstić information content (AvgIpc) is 3.01. The zero-order valence-corrected chi connectivity index (χ0v) is 24.9. The number of benzene rings is 2. The monoisotopic (exact) mass is 607 g/mol. The molecule has 12 heteroatoms. The Balaban J connectivity index is 1.31. The van der Waals surface area contributed by atoms with E-state index in [2.05, 4.69) is 16.3 Å². The van der Waals surface area contributed by atoms with Crippen LogP contribution in [0.3, 0.4) is 0 Å². The number of nitrogens with one attached hydrogen (secondary N) is 1. The molecule has 0 radical (unpaired) electrons. The summed E-state index contributed by atoms with van der Waals surface area (Å²) < 4.78 is 38.3. The molecule has 4 amide bonds. The SMILES string of the molecule is COCC1=C(C(=O)OC)[C@H](c2ccc(F)c(F)c2)N(C(=O)N(C)C2CN(C3CCC(c4ccccc4C#N)CC3)C2)C(=O)N1. The van der Waals surface area contributed by atoms with Crippen LogP contribution in [0.5, 0.6) is 0 Å². The van der Waals surface area contributed by atoms with Gasteiger partial charge < -0.3 is 19.7 Å². The van der Waals surface area contributed by atoms with Crippen molar-refractivity contribution in [2.24, 2.45) is 0 Å². The Kier molecular flexibility index (Phi) is 9.27. The molecule has 1 saturated carbocycles. The number of esters is 1. The maximum atomic E-state index is 14.4. The lowest BCUT2D eigenvalue weighted by molar-refractivity contribution is -0.137. The van der Waals surface area contributed by atoms with Crippen LogP contribution in [0, 0.1) is 23.0 Å². The van der Waals surface area contributed by atoms with E-state index in [1.54, 1.807) is 7.05 Å². The van der Waals surface area contributed by atoms with Gasteiger partial charge in [0.15, 0.2) is 11.6 Å². The minimum atomic E-state index is -1.38. The Morgan fingerprint density at radius 1 is 1.07 bits per heavy atom. The third-order valence-electron chi connectivity index (χ3n) is 8.97. The molecule has 5 rings (SSSR count). The Morgan fingerprint density at radius 2 is 1.77 bits per heavy atom. The topological polar surface area (TPSA) is 115 Å². The highest BCUT2D eigenvalue weighted by Crippen LogP contribution is 2.39. The predicted octanol–water partition coefficient (Wildman–Crippen LogP) is 4.44. The second kappa shape index (κ2) is 13.1. The van der Waals surface area contributed by atoms with Gasteiger partial charge in [0.2, 0.25) is 0 Å². The number of amides is 4. The summed E-state index contributed by atoms with van der Waals surface area (Å²) in [5.74, 6) is -2.81. The summed E-state index contributed by atoms with van der Waals surface area (Å²) >= 11 is 0. The maximum Gasteiger partial charge on any atom is 0.338 e. The number of carbonyl (C=O) groups is 3. The summed E-state index contributed by atoms with van der Waals surface area (Å²) in [6, 6.07) is 10.2. The van der Waals surface area contributed by atoms with E-state index in [0.29, 0.717) is 25.0 Å². The summed E-state index contributed by atoms with van der Waals surface area (Å²) in [4.78, 5) is 44.9. The summed E-state index contributed by atoms with van der Waals surface area (Å²) in [5.41, 5.74) is 1.80. The van der Waals surface area contributed by atoms with Gasteiger partial charge in [-0.3, -0.25) is 4.90 Å². The highest BCUT2D eigenvalue weighted by molar-refractivity contribution is 6.01. The first-order valence-electron chi connectivity index (χ1n) is 14.5. The molecule has 0 bridgehead atoms. The summed E-state index contributed by atoms with van der Waals surface area (Å²) in [7, 11) is 4.10. The largest absolute Gasteiger partial charge is 0.466 e. The van der Waals surface area contributed by atoms with Gasteiger partial charge in [0, 0.05) is 33.3 Å². The summed E-state index contributed by atoms with van der Waals surface area (Å²) in [5, 5.41) is 12.0. The predicted molar refractivity (Wildman–Crippen MR) is 155 cm³/mol. The molecule has 2 fully saturated rings. The van der Waals surface area contributed by atoms with E-state index >= 15 is 0 Å². The molecule has 0 spiro atoms. The third kappa shape index (κ3) is 5.89. The molecule has 2 aliphatic heterocycles. The van der Waals surface area contributed by atoms with Crippen LogP contribution in [-0.2, 0) is 14.3 Å². The van der Waals surface area contributed by atoms with Gasteiger partial charge in [-0.2, -0.15) is 5.26 Å². The van der Waals surface area contributed by atoms with E-state index in [9.17, 15) is 28.4 Å². The van der Waals surface area contributed by atoms with E-state index in [0.717, 1.165) is 61.0 Å². The van der Waals surface area contributed by atoms with Gasteiger partial charge in [0.25, 0.3) is 0 Å². The zero-order valence-electron chi connectivity index (χ0n) is 24.9. The quantitative estimate of drug-likeness (QED) is 0.463. The fraction of sp³-hybridized carbons (Fsp3) is 0.438. The van der Waals surface area contributed by atoms with Gasteiger partial charge in [0.05, 0.1) is 42.7 Å². The molecule has 1 saturated heterocycles. The van der Waals surface area contributed by atoms with Crippen molar-refractivity contribution in [3.63, 3.8) is 0 Å². The number of nitrogens with zero attached hydrogens (tertiary/aromatic N) is 4. The summed E-state index contributed by atoms with van der Waals surface area (Å²) in [6.07, 6.45) is 3.87. The summed E-state index contributed by atoms with van der Waals surface area (Å²) in [6.45, 7) is 1.02. The Bertz CT molecular complexity index is 1510. The minimum absolute atomic E-state index is 0.0273. The normalized spacial score (nSPS) is 22.6.